The number of pyridine rings is 1. The van der Waals surface area contributed by atoms with Crippen molar-refractivity contribution in [2.75, 3.05) is 19.7 Å². The van der Waals surface area contributed by atoms with Crippen molar-refractivity contribution in [2.24, 2.45) is 5.92 Å². The average Bonchev–Trinajstić information content (AvgIpc) is 3.33. The summed E-state index contributed by atoms with van der Waals surface area (Å²) in [5, 5.41) is 4.55. The summed E-state index contributed by atoms with van der Waals surface area (Å²) < 4.78 is 36.5. The van der Waals surface area contributed by atoms with Gasteiger partial charge in [0.2, 0.25) is 10.0 Å². The number of H-pyrrole nitrogens is 1. The fourth-order valence-electron chi connectivity index (χ4n) is 5.22. The molecule has 1 aliphatic rings. The van der Waals surface area contributed by atoms with E-state index < -0.39 is 15.6 Å². The van der Waals surface area contributed by atoms with E-state index >= 15 is 0 Å². The molecule has 0 atom stereocenters. The zero-order valence-electron chi connectivity index (χ0n) is 23.3. The number of hydrogen-bond donors (Lipinski definition) is 1. The zero-order chi connectivity index (χ0) is 28.3. The molecule has 0 radical (unpaired) electrons. The van der Waals surface area contributed by atoms with Gasteiger partial charge in [-0.25, -0.2) is 13.4 Å². The number of aromatic nitrogens is 5. The molecular weight excluding hydrogens is 528 g/mol. The van der Waals surface area contributed by atoms with Crippen molar-refractivity contribution in [1.82, 2.24) is 29.0 Å². The minimum absolute atomic E-state index is 0.158. The molecule has 1 aromatic carbocycles. The molecule has 3 aromatic heterocycles. The first-order valence-corrected chi connectivity index (χ1v) is 15.5. The first-order chi connectivity index (χ1) is 19.3. The lowest BCUT2D eigenvalue weighted by atomic mass is 9.96. The van der Waals surface area contributed by atoms with Gasteiger partial charge in [0, 0.05) is 19.3 Å². The molecule has 1 aliphatic heterocycles. The maximum atomic E-state index is 13.6. The third-order valence-corrected chi connectivity index (χ3v) is 9.42. The van der Waals surface area contributed by atoms with Crippen LogP contribution in [-0.4, -0.2) is 57.2 Å². The van der Waals surface area contributed by atoms with Gasteiger partial charge in [-0.1, -0.05) is 33.3 Å². The van der Waals surface area contributed by atoms with Gasteiger partial charge in [0.25, 0.3) is 5.56 Å². The molecule has 1 saturated heterocycles. The van der Waals surface area contributed by atoms with Gasteiger partial charge in [-0.05, 0) is 61.9 Å². The van der Waals surface area contributed by atoms with Gasteiger partial charge >= 0.3 is 0 Å². The number of ether oxygens (including phenoxy) is 1. The molecule has 0 amide bonds. The second kappa shape index (κ2) is 11.9. The van der Waals surface area contributed by atoms with E-state index in [1.807, 2.05) is 32.0 Å². The highest BCUT2D eigenvalue weighted by molar-refractivity contribution is 7.89. The molecule has 1 fully saturated rings. The topological polar surface area (TPSA) is 123 Å². The van der Waals surface area contributed by atoms with Crippen LogP contribution in [0.15, 0.2) is 52.3 Å². The highest BCUT2D eigenvalue weighted by Gasteiger charge is 2.30. The summed E-state index contributed by atoms with van der Waals surface area (Å²) in [6.45, 7) is 7.97. The van der Waals surface area contributed by atoms with Crippen molar-refractivity contribution in [3.63, 3.8) is 0 Å². The first kappa shape index (κ1) is 28.0. The van der Waals surface area contributed by atoms with Gasteiger partial charge in [-0.2, -0.15) is 9.40 Å². The molecule has 4 heterocycles. The number of rotatable bonds is 10. The molecule has 1 N–H and O–H groups in total. The zero-order valence-corrected chi connectivity index (χ0v) is 24.1. The van der Waals surface area contributed by atoms with E-state index in [9.17, 15) is 13.2 Å². The van der Waals surface area contributed by atoms with Crippen LogP contribution >= 0.6 is 0 Å². The molecule has 40 heavy (non-hydrogen) atoms. The van der Waals surface area contributed by atoms with Crippen LogP contribution in [0.3, 0.4) is 0 Å². The van der Waals surface area contributed by atoms with Gasteiger partial charge in [-0.15, -0.1) is 0 Å². The Hall–Kier alpha value is -3.57. The van der Waals surface area contributed by atoms with Crippen LogP contribution in [0.4, 0.5) is 0 Å². The third-order valence-electron chi connectivity index (χ3n) is 7.53. The maximum Gasteiger partial charge on any atom is 0.279 e. The minimum atomic E-state index is -3.72. The van der Waals surface area contributed by atoms with Gasteiger partial charge in [0.05, 0.1) is 35.0 Å². The van der Waals surface area contributed by atoms with Crippen LogP contribution < -0.4 is 10.3 Å². The Morgan fingerprint density at radius 2 is 1.88 bits per heavy atom. The molecule has 0 aliphatic carbocycles. The number of aromatic amines is 1. The van der Waals surface area contributed by atoms with E-state index in [1.165, 1.54) is 0 Å². The second-order valence-electron chi connectivity index (χ2n) is 10.2. The summed E-state index contributed by atoms with van der Waals surface area (Å²) in [5.41, 5.74) is 2.36. The van der Waals surface area contributed by atoms with Crippen LogP contribution in [0.25, 0.3) is 22.4 Å². The largest absolute Gasteiger partial charge is 0.493 e. The summed E-state index contributed by atoms with van der Waals surface area (Å²) >= 11 is 0. The predicted octanol–water partition coefficient (Wildman–Crippen LogP) is 4.39. The number of fused-ring (bicyclic) bond motifs is 1. The summed E-state index contributed by atoms with van der Waals surface area (Å²) in [4.78, 5) is 25.5. The van der Waals surface area contributed by atoms with Crippen molar-refractivity contribution in [1.29, 1.82) is 0 Å². The number of piperidine rings is 1. The Labute approximate surface area is 234 Å². The number of aryl methyl sites for hydroxylation is 1. The SMILES string of the molecule is CCCOc1ccc(S(=O)(=O)N2CCC(CC)CC2)cc1-c1nc2c(CC)n(Cc3ccccn3)nc2c(=O)[nH]1. The second-order valence-corrected chi connectivity index (χ2v) is 12.1. The van der Waals surface area contributed by atoms with Gasteiger partial charge in [-0.3, -0.25) is 14.5 Å². The first-order valence-electron chi connectivity index (χ1n) is 14.0. The summed E-state index contributed by atoms with van der Waals surface area (Å²) in [6, 6.07) is 10.5. The van der Waals surface area contributed by atoms with Crippen molar-refractivity contribution < 1.29 is 13.2 Å². The lowest BCUT2D eigenvalue weighted by Gasteiger charge is -2.30. The van der Waals surface area contributed by atoms with Crippen LogP contribution in [0, 0.1) is 5.92 Å². The number of nitrogens with one attached hydrogen (secondary N) is 1. The quantitative estimate of drug-likeness (QED) is 0.303. The molecule has 0 bridgehead atoms. The van der Waals surface area contributed by atoms with Gasteiger partial charge in [0.1, 0.15) is 17.1 Å². The lowest BCUT2D eigenvalue weighted by molar-refractivity contribution is 0.269. The van der Waals surface area contributed by atoms with Crippen molar-refractivity contribution in [2.45, 2.75) is 64.3 Å². The van der Waals surface area contributed by atoms with Crippen LogP contribution in [0.5, 0.6) is 5.75 Å². The Bertz CT molecular complexity index is 1640. The highest BCUT2D eigenvalue weighted by atomic mass is 32.2. The Balaban J connectivity index is 1.59. The molecule has 4 aromatic rings. The normalized spacial score (nSPS) is 15.1. The summed E-state index contributed by atoms with van der Waals surface area (Å²) in [5.74, 6) is 1.27. The minimum Gasteiger partial charge on any atom is -0.493 e. The van der Waals surface area contributed by atoms with Crippen molar-refractivity contribution in [3.8, 4) is 17.1 Å². The molecule has 212 valence electrons. The molecule has 0 saturated carbocycles. The highest BCUT2D eigenvalue weighted by Crippen LogP contribution is 2.33. The number of nitrogens with zero attached hydrogens (tertiary/aromatic N) is 5. The molecule has 5 rings (SSSR count). The van der Waals surface area contributed by atoms with E-state index in [-0.39, 0.29) is 16.2 Å². The Morgan fingerprint density at radius 3 is 2.55 bits per heavy atom. The van der Waals surface area contributed by atoms with Crippen molar-refractivity contribution in [3.05, 3.63) is 64.3 Å². The molecule has 11 heteroatoms. The predicted molar refractivity (Wildman–Crippen MR) is 154 cm³/mol. The third kappa shape index (κ3) is 5.53. The average molecular weight is 565 g/mol. The van der Waals surface area contributed by atoms with E-state index in [0.717, 1.165) is 37.1 Å². The maximum absolute atomic E-state index is 13.6. The Morgan fingerprint density at radius 1 is 1.07 bits per heavy atom. The number of benzene rings is 1. The number of sulfonamides is 1. The molecular formula is C29H36N6O4S. The summed E-state index contributed by atoms with van der Waals surface area (Å²) in [7, 11) is -3.72. The standard InChI is InChI=1S/C29H36N6O4S/c1-4-17-39-25-11-10-22(40(37,38)34-15-12-20(5-2)13-16-34)18-23(25)28-31-26-24(6-3)35(33-27(26)29(36)32-28)19-21-9-7-8-14-30-21/h7-11,14,18,20H,4-6,12-13,15-17,19H2,1-3H3,(H,31,32,36). The van der Waals surface area contributed by atoms with Gasteiger partial charge in [0.15, 0.2) is 5.52 Å². The van der Waals surface area contributed by atoms with Gasteiger partial charge < -0.3 is 9.72 Å². The fourth-order valence-corrected chi connectivity index (χ4v) is 6.71. The van der Waals surface area contributed by atoms with E-state index in [4.69, 9.17) is 9.72 Å². The van der Waals surface area contributed by atoms with Crippen LogP contribution in [-0.2, 0) is 23.0 Å². The van der Waals surface area contributed by atoms with E-state index in [2.05, 4.69) is 22.0 Å². The van der Waals surface area contributed by atoms with Crippen LogP contribution in [0.1, 0.15) is 57.8 Å². The number of hydrogen-bond acceptors (Lipinski definition) is 7. The van der Waals surface area contributed by atoms with Crippen LogP contribution in [0.2, 0.25) is 0 Å². The monoisotopic (exact) mass is 564 g/mol. The molecule has 10 nitrogen and oxygen atoms in total. The van der Waals surface area contributed by atoms with Crippen molar-refractivity contribution >= 4 is 21.1 Å². The summed E-state index contributed by atoms with van der Waals surface area (Å²) in [6.07, 6.45) is 5.86. The molecule has 0 unspecified atom stereocenters. The lowest BCUT2D eigenvalue weighted by Crippen LogP contribution is -2.38. The van der Waals surface area contributed by atoms with E-state index in [1.54, 1.807) is 33.4 Å². The van der Waals surface area contributed by atoms with E-state index in [0.29, 0.717) is 55.4 Å². The Kier molecular flexibility index (Phi) is 8.32. The molecule has 0 spiro atoms. The fraction of sp³-hybridized carbons (Fsp3) is 0.448. The smallest absolute Gasteiger partial charge is 0.279 e.